The minimum absolute atomic E-state index is 0.111. The second-order valence-electron chi connectivity index (χ2n) is 9.08. The quantitative estimate of drug-likeness (QED) is 0.765. The first-order chi connectivity index (χ1) is 15.2. The highest BCUT2D eigenvalue weighted by Gasteiger charge is 2.30. The van der Waals surface area contributed by atoms with Crippen LogP contribution in [0.1, 0.15) is 55.5 Å². The maximum Gasteiger partial charge on any atom is 0.410 e. The van der Waals surface area contributed by atoms with Crippen LogP contribution in [-0.2, 0) is 4.74 Å². The van der Waals surface area contributed by atoms with Crippen molar-refractivity contribution in [1.29, 1.82) is 0 Å². The van der Waals surface area contributed by atoms with Gasteiger partial charge in [-0.05, 0) is 57.2 Å². The van der Waals surface area contributed by atoms with E-state index in [1.807, 2.05) is 45.0 Å². The summed E-state index contributed by atoms with van der Waals surface area (Å²) in [5, 5.41) is 0. The van der Waals surface area contributed by atoms with Gasteiger partial charge < -0.3 is 25.0 Å². The Hall–Kier alpha value is -3.36. The normalized spacial score (nSPS) is 17.4. The number of rotatable bonds is 2. The molecule has 1 saturated heterocycles. The Kier molecular flexibility index (Phi) is 5.90. The average molecular weight is 440 g/mol. The van der Waals surface area contributed by atoms with Crippen LogP contribution in [0.5, 0.6) is 5.88 Å². The summed E-state index contributed by atoms with van der Waals surface area (Å²) in [6, 6.07) is 7.98. The monoisotopic (exact) mass is 439 g/mol. The Balaban J connectivity index is 1.42. The van der Waals surface area contributed by atoms with Crippen LogP contribution in [0.25, 0.3) is 0 Å². The first-order valence-electron chi connectivity index (χ1n) is 10.9. The molecule has 32 heavy (non-hydrogen) atoms. The van der Waals surface area contributed by atoms with Crippen LogP contribution in [0.3, 0.4) is 0 Å². The fourth-order valence-corrected chi connectivity index (χ4v) is 4.06. The van der Waals surface area contributed by atoms with Gasteiger partial charge in [0.05, 0.1) is 6.54 Å². The Labute approximate surface area is 187 Å². The minimum atomic E-state index is -0.489. The zero-order valence-electron chi connectivity index (χ0n) is 18.7. The van der Waals surface area contributed by atoms with Crippen LogP contribution in [0, 0.1) is 0 Å². The fraction of sp³-hybridized carbons (Fsp3) is 0.478. The van der Waals surface area contributed by atoms with Gasteiger partial charge in [-0.2, -0.15) is 0 Å². The standard InChI is InChI=1S/C23H29N5O4/c1-23(2,3)32-22(30)27-10-8-16(9-11-27)15-4-6-17(7-5-15)28-12-13-31-20-18(21(28)29)19(24)25-14-26-20/h4-7,14,16H,8-13H2,1-3H3,(H2,24,25,26). The number of fused-ring (bicyclic) bond motifs is 1. The molecule has 2 amide bonds. The Morgan fingerprint density at radius 2 is 1.81 bits per heavy atom. The minimum Gasteiger partial charge on any atom is -0.475 e. The van der Waals surface area contributed by atoms with Gasteiger partial charge >= 0.3 is 6.09 Å². The molecule has 170 valence electrons. The molecule has 0 radical (unpaired) electrons. The molecule has 1 fully saturated rings. The van der Waals surface area contributed by atoms with Crippen molar-refractivity contribution in [3.63, 3.8) is 0 Å². The molecule has 4 rings (SSSR count). The highest BCUT2D eigenvalue weighted by molar-refractivity contribution is 6.10. The third kappa shape index (κ3) is 4.61. The van der Waals surface area contributed by atoms with Crippen molar-refractivity contribution < 1.29 is 19.1 Å². The molecule has 9 heteroatoms. The Morgan fingerprint density at radius 1 is 1.12 bits per heavy atom. The highest BCUT2D eigenvalue weighted by atomic mass is 16.6. The van der Waals surface area contributed by atoms with Gasteiger partial charge in [-0.1, -0.05) is 12.1 Å². The zero-order chi connectivity index (χ0) is 22.9. The van der Waals surface area contributed by atoms with E-state index in [2.05, 4.69) is 9.97 Å². The number of ether oxygens (including phenoxy) is 2. The van der Waals surface area contributed by atoms with Gasteiger partial charge in [-0.15, -0.1) is 0 Å². The summed E-state index contributed by atoms with van der Waals surface area (Å²) in [5.74, 6) is 0.420. The van der Waals surface area contributed by atoms with Crippen LogP contribution in [0.4, 0.5) is 16.3 Å². The van der Waals surface area contributed by atoms with Crippen molar-refractivity contribution in [3.8, 4) is 5.88 Å². The van der Waals surface area contributed by atoms with Gasteiger partial charge in [0, 0.05) is 18.8 Å². The van der Waals surface area contributed by atoms with E-state index in [1.165, 1.54) is 11.9 Å². The van der Waals surface area contributed by atoms with E-state index < -0.39 is 5.60 Å². The summed E-state index contributed by atoms with van der Waals surface area (Å²) in [4.78, 5) is 36.7. The average Bonchev–Trinajstić information content (AvgIpc) is 2.92. The lowest BCUT2D eigenvalue weighted by Crippen LogP contribution is -2.41. The summed E-state index contributed by atoms with van der Waals surface area (Å²) >= 11 is 0. The smallest absolute Gasteiger partial charge is 0.410 e. The van der Waals surface area contributed by atoms with E-state index in [0.717, 1.165) is 18.5 Å². The van der Waals surface area contributed by atoms with Crippen molar-refractivity contribution in [1.82, 2.24) is 14.9 Å². The van der Waals surface area contributed by atoms with Crippen molar-refractivity contribution >= 4 is 23.5 Å². The summed E-state index contributed by atoms with van der Waals surface area (Å²) < 4.78 is 11.1. The Bertz CT molecular complexity index is 994. The Morgan fingerprint density at radius 3 is 2.47 bits per heavy atom. The molecule has 2 aliphatic heterocycles. The number of hydrogen-bond donors (Lipinski definition) is 1. The number of carbonyl (C=O) groups is 2. The van der Waals surface area contributed by atoms with E-state index in [4.69, 9.17) is 15.2 Å². The largest absolute Gasteiger partial charge is 0.475 e. The molecular weight excluding hydrogens is 410 g/mol. The van der Waals surface area contributed by atoms with Crippen LogP contribution >= 0.6 is 0 Å². The van der Waals surface area contributed by atoms with Crippen LogP contribution in [0.15, 0.2) is 30.6 Å². The van der Waals surface area contributed by atoms with Crippen molar-refractivity contribution in [2.24, 2.45) is 0 Å². The number of nitrogens with zero attached hydrogens (tertiary/aromatic N) is 4. The van der Waals surface area contributed by atoms with E-state index in [1.54, 1.807) is 9.80 Å². The molecule has 2 aromatic rings. The van der Waals surface area contributed by atoms with Crippen LogP contribution in [0.2, 0.25) is 0 Å². The number of hydrogen-bond acceptors (Lipinski definition) is 7. The number of anilines is 2. The summed E-state index contributed by atoms with van der Waals surface area (Å²) in [6.45, 7) is 7.67. The molecule has 1 aromatic carbocycles. The van der Waals surface area contributed by atoms with Crippen molar-refractivity contribution in [3.05, 3.63) is 41.7 Å². The third-order valence-corrected chi connectivity index (χ3v) is 5.68. The van der Waals surface area contributed by atoms with Crippen molar-refractivity contribution in [2.75, 3.05) is 36.9 Å². The van der Waals surface area contributed by atoms with Gasteiger partial charge in [-0.25, -0.2) is 14.8 Å². The summed E-state index contributed by atoms with van der Waals surface area (Å²) in [5.41, 5.74) is 7.58. The van der Waals surface area contributed by atoms with Crippen LogP contribution < -0.4 is 15.4 Å². The molecule has 2 aliphatic rings. The molecule has 0 atom stereocenters. The predicted octanol–water partition coefficient (Wildman–Crippen LogP) is 3.21. The third-order valence-electron chi connectivity index (χ3n) is 5.68. The number of likely N-dealkylation sites (tertiary alicyclic amines) is 1. The molecule has 0 aliphatic carbocycles. The number of nitrogens with two attached hydrogens (primary N) is 1. The lowest BCUT2D eigenvalue weighted by atomic mass is 9.89. The van der Waals surface area contributed by atoms with E-state index in [9.17, 15) is 9.59 Å². The van der Waals surface area contributed by atoms with Gasteiger partial charge in [0.25, 0.3) is 5.91 Å². The second kappa shape index (κ2) is 8.64. The second-order valence-corrected chi connectivity index (χ2v) is 9.08. The van der Waals surface area contributed by atoms with Crippen LogP contribution in [-0.4, -0.2) is 58.7 Å². The number of amides is 2. The fourth-order valence-electron chi connectivity index (χ4n) is 4.06. The van der Waals surface area contributed by atoms with Gasteiger partial charge in [-0.3, -0.25) is 4.79 Å². The summed E-state index contributed by atoms with van der Waals surface area (Å²) in [6.07, 6.45) is 2.78. The molecule has 0 saturated carbocycles. The maximum absolute atomic E-state index is 13.1. The number of nitrogen functional groups attached to an aromatic ring is 1. The molecular formula is C23H29N5O4. The van der Waals surface area contributed by atoms with Gasteiger partial charge in [0.2, 0.25) is 5.88 Å². The maximum atomic E-state index is 13.1. The molecule has 0 unspecified atom stereocenters. The molecule has 3 heterocycles. The highest BCUT2D eigenvalue weighted by Crippen LogP contribution is 2.32. The number of piperidine rings is 1. The lowest BCUT2D eigenvalue weighted by Gasteiger charge is -2.33. The first-order valence-corrected chi connectivity index (χ1v) is 10.9. The lowest BCUT2D eigenvalue weighted by molar-refractivity contribution is 0.0204. The summed E-state index contributed by atoms with van der Waals surface area (Å²) in [7, 11) is 0. The molecule has 1 aromatic heterocycles. The molecule has 0 spiro atoms. The van der Waals surface area contributed by atoms with Gasteiger partial charge in [0.15, 0.2) is 0 Å². The molecule has 9 nitrogen and oxygen atoms in total. The number of carbonyl (C=O) groups excluding carboxylic acids is 2. The van der Waals surface area contributed by atoms with E-state index in [-0.39, 0.29) is 29.3 Å². The molecule has 0 bridgehead atoms. The first kappa shape index (κ1) is 21.9. The van der Waals surface area contributed by atoms with E-state index >= 15 is 0 Å². The topological polar surface area (TPSA) is 111 Å². The number of benzene rings is 1. The zero-order valence-corrected chi connectivity index (χ0v) is 18.7. The van der Waals surface area contributed by atoms with Gasteiger partial charge in [0.1, 0.15) is 29.9 Å². The van der Waals surface area contributed by atoms with Crippen molar-refractivity contribution in [2.45, 2.75) is 45.1 Å². The number of aromatic nitrogens is 2. The predicted molar refractivity (Wildman–Crippen MR) is 120 cm³/mol. The SMILES string of the molecule is CC(C)(C)OC(=O)N1CCC(c2ccc(N3CCOc4ncnc(N)c4C3=O)cc2)CC1. The van der Waals surface area contributed by atoms with E-state index in [0.29, 0.717) is 32.2 Å². The molecule has 2 N–H and O–H groups in total.